The van der Waals surface area contributed by atoms with Crippen molar-refractivity contribution in [1.29, 1.82) is 0 Å². The van der Waals surface area contributed by atoms with Gasteiger partial charge in [-0.05, 0) is 29.8 Å². The Balaban J connectivity index is 1.61. The maximum absolute atomic E-state index is 13.9. The molecule has 1 aliphatic rings. The van der Waals surface area contributed by atoms with E-state index in [4.69, 9.17) is 4.74 Å². The number of halogens is 2. The lowest BCUT2D eigenvalue weighted by Gasteiger charge is -2.34. The molecule has 0 fully saturated rings. The first kappa shape index (κ1) is 20.8. The number of sulfonamides is 1. The van der Waals surface area contributed by atoms with E-state index in [-0.39, 0.29) is 23.7 Å². The summed E-state index contributed by atoms with van der Waals surface area (Å²) in [5.74, 6) is -2.52. The van der Waals surface area contributed by atoms with Crippen LogP contribution in [0.15, 0.2) is 72.8 Å². The fourth-order valence-electron chi connectivity index (χ4n) is 3.27. The minimum atomic E-state index is -3.85. The molecule has 0 bridgehead atoms. The number of nitrogens with zero attached hydrogens (tertiary/aromatic N) is 1. The van der Waals surface area contributed by atoms with E-state index in [0.29, 0.717) is 17.3 Å². The Morgan fingerprint density at radius 1 is 1.03 bits per heavy atom. The van der Waals surface area contributed by atoms with Crippen LogP contribution in [-0.4, -0.2) is 27.0 Å². The van der Waals surface area contributed by atoms with Gasteiger partial charge in [0.1, 0.15) is 17.4 Å². The van der Waals surface area contributed by atoms with Crippen LogP contribution in [0.2, 0.25) is 0 Å². The van der Waals surface area contributed by atoms with Crippen LogP contribution < -0.4 is 14.4 Å². The van der Waals surface area contributed by atoms with Gasteiger partial charge in [-0.2, -0.15) is 0 Å². The standard InChI is InChI=1S/C22H18F2N2O4S/c23-16-10-11-18(17(24)12-16)25-22(27)21-13-26(19-8-4-5-9-20(19)30-21)31(28,29)14-15-6-2-1-3-7-15/h1-12,21H,13-14H2,(H,25,27)/t21-/m0/s1. The Morgan fingerprint density at radius 2 is 1.74 bits per heavy atom. The number of carbonyl (C=O) groups excluding carboxylic acids is 1. The molecule has 3 aromatic carbocycles. The highest BCUT2D eigenvalue weighted by molar-refractivity contribution is 7.92. The molecule has 0 radical (unpaired) electrons. The lowest BCUT2D eigenvalue weighted by atomic mass is 10.2. The molecule has 3 aromatic rings. The molecule has 9 heteroatoms. The van der Waals surface area contributed by atoms with Crippen molar-refractivity contribution in [1.82, 2.24) is 0 Å². The summed E-state index contributed by atoms with van der Waals surface area (Å²) in [6, 6.07) is 17.9. The van der Waals surface area contributed by atoms with Gasteiger partial charge >= 0.3 is 0 Å². The van der Waals surface area contributed by atoms with Crippen LogP contribution in [0.5, 0.6) is 5.75 Å². The molecule has 0 aromatic heterocycles. The average Bonchev–Trinajstić information content (AvgIpc) is 2.75. The monoisotopic (exact) mass is 444 g/mol. The molecule has 0 unspecified atom stereocenters. The Labute approximate surface area is 178 Å². The average molecular weight is 444 g/mol. The SMILES string of the molecule is O=C(Nc1ccc(F)cc1F)[C@@H]1CN(S(=O)(=O)Cc2ccccc2)c2ccccc2O1. The Kier molecular flexibility index (Phi) is 5.60. The minimum absolute atomic E-state index is 0.213. The molecule has 160 valence electrons. The summed E-state index contributed by atoms with van der Waals surface area (Å²) in [4.78, 5) is 12.7. The predicted molar refractivity (Wildman–Crippen MR) is 112 cm³/mol. The summed E-state index contributed by atoms with van der Waals surface area (Å²) in [7, 11) is -3.85. The van der Waals surface area contributed by atoms with Gasteiger partial charge in [0.15, 0.2) is 6.10 Å². The minimum Gasteiger partial charge on any atom is -0.476 e. The van der Waals surface area contributed by atoms with Gasteiger partial charge < -0.3 is 10.1 Å². The van der Waals surface area contributed by atoms with Crippen LogP contribution in [0.1, 0.15) is 5.56 Å². The molecule has 0 aliphatic carbocycles. The van der Waals surface area contributed by atoms with Crippen molar-refractivity contribution in [3.05, 3.63) is 90.0 Å². The van der Waals surface area contributed by atoms with E-state index in [2.05, 4.69) is 5.32 Å². The van der Waals surface area contributed by atoms with Crippen molar-refractivity contribution < 1.29 is 26.7 Å². The van der Waals surface area contributed by atoms with Crippen LogP contribution in [0, 0.1) is 11.6 Å². The van der Waals surface area contributed by atoms with E-state index in [1.54, 1.807) is 54.6 Å². The van der Waals surface area contributed by atoms with E-state index in [0.717, 1.165) is 16.4 Å². The van der Waals surface area contributed by atoms with E-state index in [9.17, 15) is 22.0 Å². The second kappa shape index (κ2) is 8.35. The third-order valence-electron chi connectivity index (χ3n) is 4.74. The molecule has 1 amide bonds. The van der Waals surface area contributed by atoms with Crippen molar-refractivity contribution >= 4 is 27.3 Å². The zero-order valence-electron chi connectivity index (χ0n) is 16.2. The zero-order chi connectivity index (χ0) is 22.0. The summed E-state index contributed by atoms with van der Waals surface area (Å²) in [5.41, 5.74) is 0.684. The molecular formula is C22H18F2N2O4S. The third kappa shape index (κ3) is 4.51. The third-order valence-corrected chi connectivity index (χ3v) is 6.46. The number of carbonyl (C=O) groups is 1. The molecule has 1 atom stereocenters. The van der Waals surface area contributed by atoms with Crippen molar-refractivity contribution in [3.63, 3.8) is 0 Å². The van der Waals surface area contributed by atoms with Gasteiger partial charge in [-0.15, -0.1) is 0 Å². The van der Waals surface area contributed by atoms with Crippen LogP contribution in [0.4, 0.5) is 20.2 Å². The van der Waals surface area contributed by atoms with E-state index in [1.807, 2.05) is 0 Å². The number of fused-ring (bicyclic) bond motifs is 1. The normalized spacial score (nSPS) is 15.7. The molecule has 31 heavy (non-hydrogen) atoms. The van der Waals surface area contributed by atoms with Crippen LogP contribution in [-0.2, 0) is 20.6 Å². The highest BCUT2D eigenvalue weighted by Gasteiger charge is 2.36. The topological polar surface area (TPSA) is 75.7 Å². The fourth-order valence-corrected chi connectivity index (χ4v) is 4.85. The maximum Gasteiger partial charge on any atom is 0.267 e. The summed E-state index contributed by atoms with van der Waals surface area (Å²) in [6.07, 6.45) is -1.23. The number of hydrogen-bond acceptors (Lipinski definition) is 4. The summed E-state index contributed by atoms with van der Waals surface area (Å²) < 4.78 is 60.2. The number of hydrogen-bond donors (Lipinski definition) is 1. The van der Waals surface area contributed by atoms with Crippen molar-refractivity contribution in [2.45, 2.75) is 11.9 Å². The molecule has 0 saturated heterocycles. The Bertz CT molecular complexity index is 1220. The second-order valence-electron chi connectivity index (χ2n) is 6.96. The highest BCUT2D eigenvalue weighted by atomic mass is 32.2. The second-order valence-corrected chi connectivity index (χ2v) is 8.85. The van der Waals surface area contributed by atoms with Gasteiger partial charge in [0.2, 0.25) is 10.0 Å². The van der Waals surface area contributed by atoms with E-state index in [1.165, 1.54) is 0 Å². The lowest BCUT2D eigenvalue weighted by molar-refractivity contribution is -0.122. The molecule has 1 aliphatic heterocycles. The molecule has 6 nitrogen and oxygen atoms in total. The summed E-state index contributed by atoms with van der Waals surface area (Å²) in [5, 5.41) is 2.33. The van der Waals surface area contributed by atoms with Crippen LogP contribution >= 0.6 is 0 Å². The zero-order valence-corrected chi connectivity index (χ0v) is 17.0. The Hall–Kier alpha value is -3.46. The van der Waals surface area contributed by atoms with Crippen LogP contribution in [0.25, 0.3) is 0 Å². The molecule has 1 N–H and O–H groups in total. The molecular weight excluding hydrogens is 426 g/mol. The number of para-hydroxylation sites is 2. The van der Waals surface area contributed by atoms with Crippen molar-refractivity contribution in [2.75, 3.05) is 16.2 Å². The first-order chi connectivity index (χ1) is 14.8. The van der Waals surface area contributed by atoms with Crippen molar-refractivity contribution in [3.8, 4) is 5.75 Å². The van der Waals surface area contributed by atoms with Gasteiger partial charge in [0.25, 0.3) is 5.91 Å². The number of nitrogens with one attached hydrogen (secondary N) is 1. The summed E-state index contributed by atoms with van der Waals surface area (Å²) in [6.45, 7) is -0.291. The Morgan fingerprint density at radius 3 is 2.48 bits per heavy atom. The first-order valence-corrected chi connectivity index (χ1v) is 11.0. The highest BCUT2D eigenvalue weighted by Crippen LogP contribution is 2.36. The largest absolute Gasteiger partial charge is 0.476 e. The van der Waals surface area contributed by atoms with Crippen molar-refractivity contribution in [2.24, 2.45) is 0 Å². The van der Waals surface area contributed by atoms with Gasteiger partial charge in [-0.3, -0.25) is 9.10 Å². The fraction of sp³-hybridized carbons (Fsp3) is 0.136. The molecule has 0 saturated carbocycles. The molecule has 4 rings (SSSR count). The molecule has 1 heterocycles. The number of benzene rings is 3. The van der Waals surface area contributed by atoms with Gasteiger partial charge in [-0.1, -0.05) is 42.5 Å². The van der Waals surface area contributed by atoms with Gasteiger partial charge in [-0.25, -0.2) is 17.2 Å². The number of amides is 1. The quantitative estimate of drug-likeness (QED) is 0.651. The first-order valence-electron chi connectivity index (χ1n) is 9.39. The molecule has 0 spiro atoms. The number of anilines is 2. The van der Waals surface area contributed by atoms with Gasteiger partial charge in [0.05, 0.1) is 23.7 Å². The van der Waals surface area contributed by atoms with E-state index < -0.39 is 33.7 Å². The smallest absolute Gasteiger partial charge is 0.267 e. The summed E-state index contributed by atoms with van der Waals surface area (Å²) >= 11 is 0. The van der Waals surface area contributed by atoms with E-state index >= 15 is 0 Å². The van der Waals surface area contributed by atoms with Gasteiger partial charge in [0, 0.05) is 6.07 Å². The number of ether oxygens (including phenoxy) is 1. The number of rotatable bonds is 5. The maximum atomic E-state index is 13.9. The predicted octanol–water partition coefficient (Wildman–Crippen LogP) is 3.70. The van der Waals surface area contributed by atoms with Crippen LogP contribution in [0.3, 0.4) is 0 Å². The lowest BCUT2D eigenvalue weighted by Crippen LogP contribution is -2.49.